The minimum Gasteiger partial charge on any atom is -0.386 e. The number of benzene rings is 5. The summed E-state index contributed by atoms with van der Waals surface area (Å²) in [6.45, 7) is 6.30. The van der Waals surface area contributed by atoms with E-state index in [-0.39, 0.29) is 17.9 Å². The summed E-state index contributed by atoms with van der Waals surface area (Å²) >= 11 is 0. The maximum atomic E-state index is 13.7. The fraction of sp³-hybridized carbons (Fsp3) is 0.250. The minimum absolute atomic E-state index is 0.196. The number of rotatable bonds is 5. The molecule has 1 unspecified atom stereocenters. The predicted molar refractivity (Wildman–Crippen MR) is 146 cm³/mol. The van der Waals surface area contributed by atoms with Crippen LogP contribution in [0.5, 0.6) is 0 Å². The molecule has 0 saturated heterocycles. The number of hydrogen-bond donors (Lipinski definition) is 0. The lowest BCUT2D eigenvalue weighted by atomic mass is 9.82. The highest BCUT2D eigenvalue weighted by molar-refractivity contribution is 6.40. The highest BCUT2D eigenvalue weighted by atomic mass is 16.6. The number of ether oxygens (including phenoxy) is 1. The molecule has 5 aromatic rings. The van der Waals surface area contributed by atoms with Crippen molar-refractivity contribution in [2.45, 2.75) is 46.1 Å². The van der Waals surface area contributed by atoms with Gasteiger partial charge in [-0.05, 0) is 75.8 Å². The van der Waals surface area contributed by atoms with Gasteiger partial charge in [0.25, 0.3) is 11.8 Å². The molecular formula is C32H25NO5. The lowest BCUT2D eigenvalue weighted by Gasteiger charge is -2.33. The van der Waals surface area contributed by atoms with Crippen LogP contribution in [0.1, 0.15) is 81.5 Å². The first-order chi connectivity index (χ1) is 18.3. The zero-order chi connectivity index (χ0) is 26.5. The van der Waals surface area contributed by atoms with Gasteiger partial charge in [-0.25, -0.2) is 9.59 Å². The van der Waals surface area contributed by atoms with Crippen LogP contribution < -0.4 is 0 Å². The summed E-state index contributed by atoms with van der Waals surface area (Å²) in [4.78, 5) is 53.9. The molecule has 0 aromatic heterocycles. The van der Waals surface area contributed by atoms with Crippen LogP contribution in [0.15, 0.2) is 48.5 Å². The molecule has 6 nitrogen and oxygen atoms in total. The molecule has 0 fully saturated rings. The average molecular weight is 504 g/mol. The quantitative estimate of drug-likeness (QED) is 0.0861. The van der Waals surface area contributed by atoms with Crippen LogP contribution >= 0.6 is 0 Å². The average Bonchev–Trinajstić information content (AvgIpc) is 2.89. The third-order valence-electron chi connectivity index (χ3n) is 8.27. The second-order valence-electron chi connectivity index (χ2n) is 11.0. The smallest absolute Gasteiger partial charge is 0.346 e. The molecule has 38 heavy (non-hydrogen) atoms. The molecule has 188 valence electrons. The van der Waals surface area contributed by atoms with Crippen LogP contribution in [0.2, 0.25) is 0 Å². The van der Waals surface area contributed by atoms with Gasteiger partial charge in [0.1, 0.15) is 0 Å². The van der Waals surface area contributed by atoms with Gasteiger partial charge in [-0.15, -0.1) is 0 Å². The molecule has 0 bridgehead atoms. The molecule has 0 aliphatic carbocycles. The summed E-state index contributed by atoms with van der Waals surface area (Å²) in [7, 11) is 0. The minimum atomic E-state index is -0.652. The summed E-state index contributed by atoms with van der Waals surface area (Å²) < 4.78 is 4.95. The van der Waals surface area contributed by atoms with E-state index in [0.29, 0.717) is 38.9 Å². The SMILES string of the molecule is CC(C)CCCC(C)N1C(=O)c2ccc3c4ccc5c6c(ccc(c7ccc(c2c37)C1=O)c64)C(=O)OC5=O. The molecule has 5 aromatic carbocycles. The van der Waals surface area contributed by atoms with Crippen molar-refractivity contribution >= 4 is 66.8 Å². The van der Waals surface area contributed by atoms with Gasteiger partial charge in [-0.3, -0.25) is 14.5 Å². The third kappa shape index (κ3) is 2.88. The van der Waals surface area contributed by atoms with E-state index in [0.717, 1.165) is 51.6 Å². The summed E-state index contributed by atoms with van der Waals surface area (Å²) in [6, 6.07) is 14.4. The Bertz CT molecular complexity index is 1780. The lowest BCUT2D eigenvalue weighted by Crippen LogP contribution is -2.45. The molecule has 7 rings (SSSR count). The molecule has 2 amide bonds. The monoisotopic (exact) mass is 503 g/mol. The highest BCUT2D eigenvalue weighted by Crippen LogP contribution is 2.46. The van der Waals surface area contributed by atoms with Gasteiger partial charge in [-0.2, -0.15) is 0 Å². The topological polar surface area (TPSA) is 80.8 Å². The standard InChI is InChI=1S/C32H25NO5/c1-15(2)5-4-6-16(3)33-29(34)21-11-7-17-19-9-13-23-28-24(32(37)38-31(23)36)14-10-20(26(19)28)18-8-12-22(30(33)35)27(21)25(17)18/h7-16H,4-6H2,1-3H3. The first kappa shape index (κ1) is 22.8. The Morgan fingerprint density at radius 1 is 0.579 bits per heavy atom. The van der Waals surface area contributed by atoms with E-state index in [4.69, 9.17) is 4.74 Å². The van der Waals surface area contributed by atoms with E-state index in [1.165, 1.54) is 4.90 Å². The summed E-state index contributed by atoms with van der Waals surface area (Å²) in [5.41, 5.74) is 1.79. The Hall–Kier alpha value is -4.32. The summed E-state index contributed by atoms with van der Waals surface area (Å²) in [6.07, 6.45) is 2.78. The zero-order valence-corrected chi connectivity index (χ0v) is 21.4. The first-order valence-corrected chi connectivity index (χ1v) is 13.1. The normalized spacial score (nSPS) is 16.1. The molecule has 6 heteroatoms. The van der Waals surface area contributed by atoms with Crippen molar-refractivity contribution in [3.63, 3.8) is 0 Å². The van der Waals surface area contributed by atoms with Crippen molar-refractivity contribution in [3.8, 4) is 0 Å². The van der Waals surface area contributed by atoms with Crippen LogP contribution in [0.4, 0.5) is 0 Å². The Morgan fingerprint density at radius 3 is 1.45 bits per heavy atom. The first-order valence-electron chi connectivity index (χ1n) is 13.1. The van der Waals surface area contributed by atoms with Gasteiger partial charge in [0, 0.05) is 27.9 Å². The molecule has 1 atom stereocenters. The van der Waals surface area contributed by atoms with Crippen LogP contribution in [0.3, 0.4) is 0 Å². The summed E-state index contributed by atoms with van der Waals surface area (Å²) in [5, 5.41) is 6.42. The zero-order valence-electron chi connectivity index (χ0n) is 21.4. The fourth-order valence-electron chi connectivity index (χ4n) is 6.48. The number of esters is 2. The van der Waals surface area contributed by atoms with Gasteiger partial charge in [0.05, 0.1) is 11.1 Å². The summed E-state index contributed by atoms with van der Waals surface area (Å²) in [5.74, 6) is -1.24. The highest BCUT2D eigenvalue weighted by Gasteiger charge is 2.37. The lowest BCUT2D eigenvalue weighted by molar-refractivity contribution is 0.0389. The molecule has 0 saturated carbocycles. The second-order valence-corrected chi connectivity index (χ2v) is 11.0. The Kier molecular flexibility index (Phi) is 4.71. The number of hydrogen-bond acceptors (Lipinski definition) is 5. The molecule has 2 aliphatic rings. The molecular weight excluding hydrogens is 478 g/mol. The molecule has 0 radical (unpaired) electrons. The van der Waals surface area contributed by atoms with Crippen molar-refractivity contribution in [2.24, 2.45) is 5.92 Å². The number of carbonyl (C=O) groups is 4. The third-order valence-corrected chi connectivity index (χ3v) is 8.27. The van der Waals surface area contributed by atoms with E-state index in [9.17, 15) is 19.2 Å². The number of nitrogens with zero attached hydrogens (tertiary/aromatic N) is 1. The van der Waals surface area contributed by atoms with Crippen molar-refractivity contribution < 1.29 is 23.9 Å². The van der Waals surface area contributed by atoms with Crippen molar-refractivity contribution in [1.82, 2.24) is 4.90 Å². The maximum Gasteiger partial charge on any atom is 0.346 e. The number of carbonyl (C=O) groups excluding carboxylic acids is 4. The number of amides is 2. The van der Waals surface area contributed by atoms with Gasteiger partial charge < -0.3 is 4.74 Å². The van der Waals surface area contributed by atoms with E-state index < -0.39 is 11.9 Å². The number of imide groups is 1. The van der Waals surface area contributed by atoms with Crippen LogP contribution in [-0.4, -0.2) is 34.7 Å². The molecule has 0 spiro atoms. The van der Waals surface area contributed by atoms with E-state index in [1.807, 2.05) is 43.3 Å². The molecule has 0 N–H and O–H groups in total. The van der Waals surface area contributed by atoms with E-state index in [2.05, 4.69) is 13.8 Å². The van der Waals surface area contributed by atoms with E-state index >= 15 is 0 Å². The van der Waals surface area contributed by atoms with Crippen LogP contribution in [-0.2, 0) is 4.74 Å². The van der Waals surface area contributed by atoms with Gasteiger partial charge in [0.2, 0.25) is 0 Å². The van der Waals surface area contributed by atoms with Crippen LogP contribution in [0, 0.1) is 5.92 Å². The molecule has 2 heterocycles. The van der Waals surface area contributed by atoms with Gasteiger partial charge in [-0.1, -0.05) is 51.0 Å². The number of cyclic esters (lactones) is 2. The Morgan fingerprint density at radius 2 is 1.00 bits per heavy atom. The van der Waals surface area contributed by atoms with Gasteiger partial charge >= 0.3 is 11.9 Å². The Balaban J connectivity index is 1.49. The van der Waals surface area contributed by atoms with Crippen molar-refractivity contribution in [1.29, 1.82) is 0 Å². The maximum absolute atomic E-state index is 13.7. The van der Waals surface area contributed by atoms with Crippen molar-refractivity contribution in [3.05, 3.63) is 70.8 Å². The Labute approximate surface area is 218 Å². The van der Waals surface area contributed by atoms with Gasteiger partial charge in [0.15, 0.2) is 0 Å². The fourth-order valence-corrected chi connectivity index (χ4v) is 6.48. The molecule has 2 aliphatic heterocycles. The number of fused-ring (bicyclic) bond motifs is 2. The van der Waals surface area contributed by atoms with E-state index in [1.54, 1.807) is 12.1 Å². The van der Waals surface area contributed by atoms with Crippen molar-refractivity contribution in [2.75, 3.05) is 0 Å². The predicted octanol–water partition coefficient (Wildman–Crippen LogP) is 6.86. The largest absolute Gasteiger partial charge is 0.386 e. The second kappa shape index (κ2) is 7.84. The van der Waals surface area contributed by atoms with Crippen LogP contribution in [0.25, 0.3) is 43.1 Å².